The third kappa shape index (κ3) is 2.46. The molecule has 0 radical (unpaired) electrons. The van der Waals surface area contributed by atoms with Crippen LogP contribution in [0, 0.1) is 0 Å². The van der Waals surface area contributed by atoms with E-state index in [1.54, 1.807) is 6.07 Å². The summed E-state index contributed by atoms with van der Waals surface area (Å²) in [6.45, 7) is 3.39. The van der Waals surface area contributed by atoms with Crippen LogP contribution in [0.2, 0.25) is 0 Å². The molecule has 0 aromatic heterocycles. The van der Waals surface area contributed by atoms with Gasteiger partial charge in [-0.3, -0.25) is 0 Å². The standard InChI is InChI=1S/C15H18N2O/c1-2-17(14-5-3-4-6-15(14)18)13-9-7-12(11-16)8-10-13/h3-10,18H,2,11,16H2,1H3. The monoisotopic (exact) mass is 242 g/mol. The van der Waals surface area contributed by atoms with Gasteiger partial charge in [0, 0.05) is 18.8 Å². The fraction of sp³-hybridized carbons (Fsp3) is 0.200. The summed E-state index contributed by atoms with van der Waals surface area (Å²) < 4.78 is 0. The van der Waals surface area contributed by atoms with E-state index < -0.39 is 0 Å². The van der Waals surface area contributed by atoms with E-state index in [0.29, 0.717) is 12.3 Å². The molecule has 2 aromatic carbocycles. The zero-order valence-corrected chi connectivity index (χ0v) is 10.5. The number of aromatic hydroxyl groups is 1. The molecule has 0 bridgehead atoms. The lowest BCUT2D eigenvalue weighted by Crippen LogP contribution is -2.16. The Balaban J connectivity index is 2.36. The Morgan fingerprint density at radius 1 is 1.06 bits per heavy atom. The van der Waals surface area contributed by atoms with E-state index in [2.05, 4.69) is 11.8 Å². The second-order valence-corrected chi connectivity index (χ2v) is 4.10. The van der Waals surface area contributed by atoms with E-state index in [1.165, 1.54) is 0 Å². The molecule has 0 saturated carbocycles. The minimum atomic E-state index is 0.294. The molecule has 0 aliphatic rings. The SMILES string of the molecule is CCN(c1ccc(CN)cc1)c1ccccc1O. The summed E-state index contributed by atoms with van der Waals surface area (Å²) in [5.74, 6) is 0.294. The van der Waals surface area contributed by atoms with Crippen LogP contribution in [0.5, 0.6) is 5.75 Å². The molecule has 0 fully saturated rings. The number of hydrogen-bond donors (Lipinski definition) is 2. The van der Waals surface area contributed by atoms with Gasteiger partial charge in [0.1, 0.15) is 5.75 Å². The summed E-state index contributed by atoms with van der Waals surface area (Å²) in [6.07, 6.45) is 0. The maximum atomic E-state index is 9.91. The molecule has 0 aliphatic carbocycles. The summed E-state index contributed by atoms with van der Waals surface area (Å²) in [6, 6.07) is 15.4. The molecule has 0 saturated heterocycles. The Hall–Kier alpha value is -2.00. The summed E-state index contributed by atoms with van der Waals surface area (Å²) in [5, 5.41) is 9.91. The lowest BCUT2D eigenvalue weighted by molar-refractivity contribution is 0.475. The van der Waals surface area contributed by atoms with Crippen molar-refractivity contribution in [2.24, 2.45) is 5.73 Å². The minimum Gasteiger partial charge on any atom is -0.506 e. The number of hydrogen-bond acceptors (Lipinski definition) is 3. The van der Waals surface area contributed by atoms with Crippen LogP contribution in [0.25, 0.3) is 0 Å². The van der Waals surface area contributed by atoms with Gasteiger partial charge >= 0.3 is 0 Å². The maximum Gasteiger partial charge on any atom is 0.139 e. The largest absolute Gasteiger partial charge is 0.506 e. The molecule has 2 aromatic rings. The number of phenols is 1. The van der Waals surface area contributed by atoms with E-state index in [0.717, 1.165) is 23.5 Å². The molecule has 3 N–H and O–H groups in total. The first-order valence-electron chi connectivity index (χ1n) is 6.10. The summed E-state index contributed by atoms with van der Waals surface area (Å²) in [5.41, 5.74) is 8.57. The maximum absolute atomic E-state index is 9.91. The number of nitrogens with two attached hydrogens (primary N) is 1. The molecule has 3 nitrogen and oxygen atoms in total. The Morgan fingerprint density at radius 2 is 1.72 bits per heavy atom. The third-order valence-corrected chi connectivity index (χ3v) is 2.97. The molecule has 0 spiro atoms. The van der Waals surface area contributed by atoms with Crippen LogP contribution in [-0.2, 0) is 6.54 Å². The van der Waals surface area contributed by atoms with E-state index in [9.17, 15) is 5.11 Å². The first-order chi connectivity index (χ1) is 8.76. The molecule has 94 valence electrons. The van der Waals surface area contributed by atoms with Gasteiger partial charge in [0.15, 0.2) is 0 Å². The van der Waals surface area contributed by atoms with Gasteiger partial charge in [-0.1, -0.05) is 24.3 Å². The molecule has 0 atom stereocenters. The van der Waals surface area contributed by atoms with Crippen molar-refractivity contribution < 1.29 is 5.11 Å². The van der Waals surface area contributed by atoms with Gasteiger partial charge in [0.05, 0.1) is 5.69 Å². The molecule has 0 heterocycles. The van der Waals surface area contributed by atoms with Gasteiger partial charge < -0.3 is 15.7 Å². The summed E-state index contributed by atoms with van der Waals surface area (Å²) >= 11 is 0. The minimum absolute atomic E-state index is 0.294. The number of phenolic OH excluding ortho intramolecular Hbond substituents is 1. The van der Waals surface area contributed by atoms with Crippen LogP contribution in [-0.4, -0.2) is 11.7 Å². The molecule has 2 rings (SSSR count). The van der Waals surface area contributed by atoms with Crippen molar-refractivity contribution in [2.75, 3.05) is 11.4 Å². The van der Waals surface area contributed by atoms with Crippen molar-refractivity contribution in [1.29, 1.82) is 0 Å². The van der Waals surface area contributed by atoms with E-state index >= 15 is 0 Å². The predicted molar refractivity (Wildman–Crippen MR) is 75.1 cm³/mol. The Labute approximate surface area is 107 Å². The van der Waals surface area contributed by atoms with Crippen molar-refractivity contribution in [3.05, 3.63) is 54.1 Å². The topological polar surface area (TPSA) is 49.5 Å². The number of para-hydroxylation sites is 2. The lowest BCUT2D eigenvalue weighted by Gasteiger charge is -2.24. The van der Waals surface area contributed by atoms with Gasteiger partial charge in [-0.25, -0.2) is 0 Å². The second-order valence-electron chi connectivity index (χ2n) is 4.10. The fourth-order valence-corrected chi connectivity index (χ4v) is 2.00. The van der Waals surface area contributed by atoms with Crippen molar-refractivity contribution >= 4 is 11.4 Å². The number of nitrogens with zero attached hydrogens (tertiary/aromatic N) is 1. The van der Waals surface area contributed by atoms with Crippen molar-refractivity contribution in [3.63, 3.8) is 0 Å². The lowest BCUT2D eigenvalue weighted by atomic mass is 10.1. The number of rotatable bonds is 4. The van der Waals surface area contributed by atoms with E-state index in [4.69, 9.17) is 5.73 Å². The molecule has 0 unspecified atom stereocenters. The first-order valence-corrected chi connectivity index (χ1v) is 6.10. The van der Waals surface area contributed by atoms with Gasteiger partial charge in [0.25, 0.3) is 0 Å². The van der Waals surface area contributed by atoms with Crippen molar-refractivity contribution in [3.8, 4) is 5.75 Å². The fourth-order valence-electron chi connectivity index (χ4n) is 2.00. The number of anilines is 2. The van der Waals surface area contributed by atoms with Crippen LogP contribution in [0.3, 0.4) is 0 Å². The molecule has 18 heavy (non-hydrogen) atoms. The zero-order chi connectivity index (χ0) is 13.0. The predicted octanol–water partition coefficient (Wildman–Crippen LogP) is 3.01. The first kappa shape index (κ1) is 12.5. The van der Waals surface area contributed by atoms with E-state index in [-0.39, 0.29) is 0 Å². The average Bonchev–Trinajstić information content (AvgIpc) is 2.42. The van der Waals surface area contributed by atoms with Gasteiger partial charge in [0.2, 0.25) is 0 Å². The molecular weight excluding hydrogens is 224 g/mol. The van der Waals surface area contributed by atoms with Gasteiger partial charge in [-0.2, -0.15) is 0 Å². The van der Waals surface area contributed by atoms with Crippen LogP contribution in [0.1, 0.15) is 12.5 Å². The Morgan fingerprint density at radius 3 is 2.28 bits per heavy atom. The normalized spacial score (nSPS) is 10.3. The van der Waals surface area contributed by atoms with Crippen LogP contribution in [0.4, 0.5) is 11.4 Å². The highest BCUT2D eigenvalue weighted by Gasteiger charge is 2.10. The highest BCUT2D eigenvalue weighted by molar-refractivity contribution is 5.68. The number of benzene rings is 2. The van der Waals surface area contributed by atoms with Crippen molar-refractivity contribution in [2.45, 2.75) is 13.5 Å². The van der Waals surface area contributed by atoms with Crippen LogP contribution < -0.4 is 10.6 Å². The zero-order valence-electron chi connectivity index (χ0n) is 10.5. The highest BCUT2D eigenvalue weighted by atomic mass is 16.3. The molecule has 0 amide bonds. The Kier molecular flexibility index (Phi) is 3.85. The van der Waals surface area contributed by atoms with Crippen molar-refractivity contribution in [1.82, 2.24) is 0 Å². The summed E-state index contributed by atoms with van der Waals surface area (Å²) in [4.78, 5) is 2.07. The quantitative estimate of drug-likeness (QED) is 0.866. The molecular formula is C15H18N2O. The molecule has 0 aliphatic heterocycles. The van der Waals surface area contributed by atoms with Crippen LogP contribution >= 0.6 is 0 Å². The van der Waals surface area contributed by atoms with Gasteiger partial charge in [-0.05, 0) is 36.8 Å². The van der Waals surface area contributed by atoms with Crippen LogP contribution in [0.15, 0.2) is 48.5 Å². The van der Waals surface area contributed by atoms with E-state index in [1.807, 2.05) is 42.5 Å². The smallest absolute Gasteiger partial charge is 0.139 e. The molecule has 3 heteroatoms. The third-order valence-electron chi connectivity index (χ3n) is 2.97. The second kappa shape index (κ2) is 5.56. The Bertz CT molecular complexity index is 508. The average molecular weight is 242 g/mol. The summed E-state index contributed by atoms with van der Waals surface area (Å²) in [7, 11) is 0. The highest BCUT2D eigenvalue weighted by Crippen LogP contribution is 2.32. The van der Waals surface area contributed by atoms with Gasteiger partial charge in [-0.15, -0.1) is 0 Å².